The maximum atomic E-state index is 12.7. The molecule has 2 aromatic rings. The Morgan fingerprint density at radius 3 is 2.42 bits per heavy atom. The normalized spacial score (nSPS) is 16.8. The van der Waals surface area contributed by atoms with Crippen LogP contribution in [0.15, 0.2) is 35.1 Å². The number of halogens is 3. The molecule has 1 aromatic heterocycles. The average molecular weight is 366 g/mol. The monoisotopic (exact) mass is 366 g/mol. The summed E-state index contributed by atoms with van der Waals surface area (Å²) in [5.41, 5.74) is 5.69. The molecule has 0 aliphatic carbocycles. The van der Waals surface area contributed by atoms with Crippen molar-refractivity contribution in [3.05, 3.63) is 51.9 Å². The predicted octanol–water partition coefficient (Wildman–Crippen LogP) is 2.63. The number of likely N-dealkylation sites (tertiary alicyclic amines) is 1. The minimum atomic E-state index is -4.39. The molecule has 0 amide bonds. The number of H-pyrrole nitrogens is 1. The van der Waals surface area contributed by atoms with E-state index in [0.717, 1.165) is 38.1 Å². The van der Waals surface area contributed by atoms with E-state index in [4.69, 9.17) is 5.73 Å². The molecule has 1 fully saturated rings. The van der Waals surface area contributed by atoms with Crippen molar-refractivity contribution >= 4 is 0 Å². The first-order valence-corrected chi connectivity index (χ1v) is 8.55. The Morgan fingerprint density at radius 1 is 1.19 bits per heavy atom. The lowest BCUT2D eigenvalue weighted by atomic mass is 9.97. The highest BCUT2D eigenvalue weighted by Crippen LogP contribution is 2.30. The second-order valence-electron chi connectivity index (χ2n) is 6.62. The van der Waals surface area contributed by atoms with E-state index in [0.29, 0.717) is 30.3 Å². The zero-order chi connectivity index (χ0) is 18.7. The zero-order valence-electron chi connectivity index (χ0n) is 14.2. The van der Waals surface area contributed by atoms with Gasteiger partial charge in [0, 0.05) is 18.2 Å². The number of aromatic amines is 1. The van der Waals surface area contributed by atoms with Crippen molar-refractivity contribution in [3.63, 3.8) is 0 Å². The van der Waals surface area contributed by atoms with Gasteiger partial charge in [-0.15, -0.1) is 0 Å². The van der Waals surface area contributed by atoms with E-state index in [1.807, 2.05) is 0 Å². The second-order valence-corrected chi connectivity index (χ2v) is 6.62. The Morgan fingerprint density at radius 2 is 1.85 bits per heavy atom. The van der Waals surface area contributed by atoms with Crippen molar-refractivity contribution < 1.29 is 13.2 Å². The SMILES string of the molecule is NCC1CCN(Cc2cc(=O)[nH]c(-c3ccc(C(F)(F)F)cc3)n2)CC1. The topological polar surface area (TPSA) is 75.0 Å². The molecule has 3 N–H and O–H groups in total. The number of piperidine rings is 1. The van der Waals surface area contributed by atoms with E-state index >= 15 is 0 Å². The Labute approximate surface area is 149 Å². The summed E-state index contributed by atoms with van der Waals surface area (Å²) in [6.45, 7) is 3.02. The van der Waals surface area contributed by atoms with Crippen LogP contribution in [0.4, 0.5) is 13.2 Å². The fourth-order valence-corrected chi connectivity index (χ4v) is 3.15. The van der Waals surface area contributed by atoms with Gasteiger partial charge in [-0.3, -0.25) is 9.69 Å². The van der Waals surface area contributed by atoms with Crippen molar-refractivity contribution in [2.75, 3.05) is 19.6 Å². The molecule has 8 heteroatoms. The molecule has 1 aliphatic rings. The van der Waals surface area contributed by atoms with Crippen molar-refractivity contribution in [1.82, 2.24) is 14.9 Å². The Bertz CT molecular complexity index is 793. The minimum Gasteiger partial charge on any atom is -0.330 e. The van der Waals surface area contributed by atoms with Gasteiger partial charge in [-0.1, -0.05) is 12.1 Å². The average Bonchev–Trinajstić information content (AvgIpc) is 2.61. The third-order valence-corrected chi connectivity index (χ3v) is 4.71. The number of hydrogen-bond acceptors (Lipinski definition) is 4. The van der Waals surface area contributed by atoms with Gasteiger partial charge in [0.05, 0.1) is 11.3 Å². The van der Waals surface area contributed by atoms with E-state index in [-0.39, 0.29) is 11.4 Å². The minimum absolute atomic E-state index is 0.276. The molecule has 0 radical (unpaired) electrons. The number of nitrogens with zero attached hydrogens (tertiary/aromatic N) is 2. The molecule has 0 atom stereocenters. The van der Waals surface area contributed by atoms with Crippen LogP contribution in [-0.2, 0) is 12.7 Å². The Balaban J connectivity index is 1.77. The highest BCUT2D eigenvalue weighted by atomic mass is 19.4. The van der Waals surface area contributed by atoms with Crippen molar-refractivity contribution in [2.45, 2.75) is 25.6 Å². The fourth-order valence-electron chi connectivity index (χ4n) is 3.15. The lowest BCUT2D eigenvalue weighted by Crippen LogP contribution is -2.36. The van der Waals surface area contributed by atoms with Crippen LogP contribution in [-0.4, -0.2) is 34.5 Å². The first kappa shape index (κ1) is 18.6. The first-order chi connectivity index (χ1) is 12.3. The van der Waals surface area contributed by atoms with Gasteiger partial charge in [0.25, 0.3) is 5.56 Å². The lowest BCUT2D eigenvalue weighted by molar-refractivity contribution is -0.137. The Kier molecular flexibility index (Phi) is 5.43. The maximum absolute atomic E-state index is 12.7. The first-order valence-electron chi connectivity index (χ1n) is 8.55. The largest absolute Gasteiger partial charge is 0.416 e. The highest BCUT2D eigenvalue weighted by Gasteiger charge is 2.30. The molecule has 2 heterocycles. The van der Waals surface area contributed by atoms with E-state index in [2.05, 4.69) is 14.9 Å². The number of alkyl halides is 3. The van der Waals surface area contributed by atoms with Crippen molar-refractivity contribution in [2.24, 2.45) is 11.7 Å². The molecule has 0 spiro atoms. The summed E-state index contributed by atoms with van der Waals surface area (Å²) in [5, 5.41) is 0. The van der Waals surface area contributed by atoms with Gasteiger partial charge in [-0.25, -0.2) is 4.98 Å². The molecular weight excluding hydrogens is 345 g/mol. The number of rotatable bonds is 4. The number of benzene rings is 1. The molecule has 1 aliphatic heterocycles. The summed E-state index contributed by atoms with van der Waals surface area (Å²) in [4.78, 5) is 21.2. The third kappa shape index (κ3) is 4.50. The third-order valence-electron chi connectivity index (χ3n) is 4.71. The van der Waals surface area contributed by atoms with Crippen molar-refractivity contribution in [3.8, 4) is 11.4 Å². The zero-order valence-corrected chi connectivity index (χ0v) is 14.2. The molecule has 1 aromatic carbocycles. The summed E-state index contributed by atoms with van der Waals surface area (Å²) in [7, 11) is 0. The van der Waals surface area contributed by atoms with Gasteiger partial charge < -0.3 is 10.7 Å². The van der Waals surface area contributed by atoms with Gasteiger partial charge in [0.15, 0.2) is 0 Å². The van der Waals surface area contributed by atoms with Crippen molar-refractivity contribution in [1.29, 1.82) is 0 Å². The van der Waals surface area contributed by atoms with Crippen LogP contribution >= 0.6 is 0 Å². The smallest absolute Gasteiger partial charge is 0.330 e. The predicted molar refractivity (Wildman–Crippen MR) is 92.4 cm³/mol. The molecule has 0 bridgehead atoms. The van der Waals surface area contributed by atoms with Crippen LogP contribution in [0.25, 0.3) is 11.4 Å². The molecule has 140 valence electrons. The van der Waals surface area contributed by atoms with Gasteiger partial charge in [0.2, 0.25) is 0 Å². The number of nitrogens with two attached hydrogens (primary N) is 1. The second kappa shape index (κ2) is 7.59. The van der Waals surface area contributed by atoms with Gasteiger partial charge in [0.1, 0.15) is 5.82 Å². The standard InChI is InChI=1S/C18H21F3N4O/c19-18(20,21)14-3-1-13(2-4-14)17-23-15(9-16(26)24-17)11-25-7-5-12(10-22)6-8-25/h1-4,9,12H,5-8,10-11,22H2,(H,23,24,26). The van der Waals surface area contributed by atoms with Gasteiger partial charge in [-0.05, 0) is 50.5 Å². The summed E-state index contributed by atoms with van der Waals surface area (Å²) in [6.07, 6.45) is -2.35. The molecule has 26 heavy (non-hydrogen) atoms. The molecular formula is C18H21F3N4O. The van der Waals surface area contributed by atoms with Crippen LogP contribution in [0.2, 0.25) is 0 Å². The van der Waals surface area contributed by atoms with E-state index < -0.39 is 11.7 Å². The highest BCUT2D eigenvalue weighted by molar-refractivity contribution is 5.55. The molecule has 3 rings (SSSR count). The van der Waals surface area contributed by atoms with Gasteiger partial charge >= 0.3 is 6.18 Å². The quantitative estimate of drug-likeness (QED) is 0.872. The summed E-state index contributed by atoms with van der Waals surface area (Å²) in [6, 6.07) is 6.04. The van der Waals surface area contributed by atoms with E-state index in [1.165, 1.54) is 18.2 Å². The van der Waals surface area contributed by atoms with Crippen LogP contribution in [0.1, 0.15) is 24.1 Å². The molecule has 0 unspecified atom stereocenters. The van der Waals surface area contributed by atoms with E-state index in [9.17, 15) is 18.0 Å². The summed E-state index contributed by atoms with van der Waals surface area (Å²) in [5.74, 6) is 0.819. The van der Waals surface area contributed by atoms with E-state index in [1.54, 1.807) is 0 Å². The lowest BCUT2D eigenvalue weighted by Gasteiger charge is -2.30. The van der Waals surface area contributed by atoms with Crippen LogP contribution in [0.3, 0.4) is 0 Å². The number of hydrogen-bond donors (Lipinski definition) is 2. The van der Waals surface area contributed by atoms with Crippen LogP contribution in [0.5, 0.6) is 0 Å². The maximum Gasteiger partial charge on any atom is 0.416 e. The van der Waals surface area contributed by atoms with Crippen LogP contribution in [0, 0.1) is 5.92 Å². The molecule has 5 nitrogen and oxygen atoms in total. The Hall–Kier alpha value is -2.19. The summed E-state index contributed by atoms with van der Waals surface area (Å²) >= 11 is 0. The molecule has 1 saturated heterocycles. The number of nitrogens with one attached hydrogen (secondary N) is 1. The molecule has 0 saturated carbocycles. The van der Waals surface area contributed by atoms with Crippen LogP contribution < -0.4 is 11.3 Å². The number of aromatic nitrogens is 2. The van der Waals surface area contributed by atoms with Gasteiger partial charge in [-0.2, -0.15) is 13.2 Å². The summed E-state index contributed by atoms with van der Waals surface area (Å²) < 4.78 is 38.0. The fraction of sp³-hybridized carbons (Fsp3) is 0.444.